The van der Waals surface area contributed by atoms with Crippen molar-refractivity contribution < 1.29 is 4.74 Å². The summed E-state index contributed by atoms with van der Waals surface area (Å²) < 4.78 is 8.97. The van der Waals surface area contributed by atoms with E-state index < -0.39 is 0 Å². The minimum atomic E-state index is -0.103. The van der Waals surface area contributed by atoms with Crippen molar-refractivity contribution in [1.82, 2.24) is 19.3 Å². The maximum atomic E-state index is 13.2. The van der Waals surface area contributed by atoms with Crippen LogP contribution in [0, 0.1) is 0 Å². The van der Waals surface area contributed by atoms with Crippen LogP contribution in [0.2, 0.25) is 5.02 Å². The van der Waals surface area contributed by atoms with Gasteiger partial charge in [0.1, 0.15) is 11.4 Å². The number of rotatable bonds is 3. The molecule has 0 radical (unpaired) electrons. The molecule has 7 heteroatoms. The molecule has 2 aromatic carbocycles. The molecule has 150 valence electrons. The number of benzene rings is 2. The van der Waals surface area contributed by atoms with Gasteiger partial charge in [0, 0.05) is 47.8 Å². The maximum absolute atomic E-state index is 13.2. The number of ether oxygens (including phenoxy) is 1. The molecule has 3 aromatic heterocycles. The molecular formula is C23H19ClN4O2. The normalized spacial score (nSPS) is 11.5. The molecule has 3 heterocycles. The average Bonchev–Trinajstić information content (AvgIpc) is 3.38. The van der Waals surface area contributed by atoms with Crippen molar-refractivity contribution >= 4 is 33.5 Å². The van der Waals surface area contributed by atoms with Crippen molar-refractivity contribution in [3.8, 4) is 28.1 Å². The zero-order valence-electron chi connectivity index (χ0n) is 16.7. The van der Waals surface area contributed by atoms with Crippen LogP contribution in [0.4, 0.5) is 0 Å². The van der Waals surface area contributed by atoms with E-state index in [0.29, 0.717) is 21.9 Å². The highest BCUT2D eigenvalue weighted by Gasteiger charge is 2.18. The number of H-pyrrole nitrogens is 1. The fourth-order valence-electron chi connectivity index (χ4n) is 4.11. The number of nitrogens with zero attached hydrogens (tertiary/aromatic N) is 3. The van der Waals surface area contributed by atoms with Gasteiger partial charge in [-0.15, -0.1) is 0 Å². The topological polar surface area (TPSA) is 64.8 Å². The second-order valence-corrected chi connectivity index (χ2v) is 7.67. The van der Waals surface area contributed by atoms with E-state index in [0.717, 1.165) is 33.2 Å². The molecule has 6 nitrogen and oxygen atoms in total. The van der Waals surface area contributed by atoms with Gasteiger partial charge in [-0.1, -0.05) is 17.7 Å². The number of aryl methyl sites for hydroxylation is 2. The van der Waals surface area contributed by atoms with E-state index in [1.54, 1.807) is 31.0 Å². The Bertz CT molecular complexity index is 1480. The number of halogens is 1. The molecular weight excluding hydrogens is 400 g/mol. The van der Waals surface area contributed by atoms with Gasteiger partial charge >= 0.3 is 0 Å². The molecule has 0 amide bonds. The lowest BCUT2D eigenvalue weighted by atomic mass is 10.0. The number of pyridine rings is 1. The number of methoxy groups -OCH3 is 1. The Morgan fingerprint density at radius 3 is 2.50 bits per heavy atom. The van der Waals surface area contributed by atoms with Gasteiger partial charge in [-0.2, -0.15) is 5.10 Å². The first-order valence-corrected chi connectivity index (χ1v) is 9.83. The van der Waals surface area contributed by atoms with Crippen LogP contribution in [-0.2, 0) is 14.1 Å². The molecule has 0 aliphatic rings. The van der Waals surface area contributed by atoms with Gasteiger partial charge < -0.3 is 9.30 Å². The fraction of sp³-hybridized carbons (Fsp3) is 0.130. The zero-order chi connectivity index (χ0) is 21.0. The number of nitrogens with one attached hydrogen (secondary N) is 1. The van der Waals surface area contributed by atoms with Crippen LogP contribution in [0.1, 0.15) is 0 Å². The van der Waals surface area contributed by atoms with Crippen molar-refractivity contribution in [2.75, 3.05) is 7.11 Å². The molecule has 0 fully saturated rings. The lowest BCUT2D eigenvalue weighted by Crippen LogP contribution is -2.20. The largest absolute Gasteiger partial charge is 0.497 e. The molecule has 0 aliphatic carbocycles. The van der Waals surface area contributed by atoms with Gasteiger partial charge in [-0.3, -0.25) is 14.5 Å². The van der Waals surface area contributed by atoms with Crippen molar-refractivity contribution in [1.29, 1.82) is 0 Å². The Labute approximate surface area is 177 Å². The monoisotopic (exact) mass is 418 g/mol. The lowest BCUT2D eigenvalue weighted by Gasteiger charge is -2.10. The smallest absolute Gasteiger partial charge is 0.259 e. The number of hydrogen-bond acceptors (Lipinski definition) is 3. The average molecular weight is 419 g/mol. The summed E-state index contributed by atoms with van der Waals surface area (Å²) >= 11 is 6.49. The van der Waals surface area contributed by atoms with Crippen LogP contribution < -0.4 is 10.3 Å². The molecule has 5 aromatic rings. The summed E-state index contributed by atoms with van der Waals surface area (Å²) in [6, 6.07) is 15.5. The standard InChI is InChI=1S/C23H19ClN4O2/c1-27-21-7-4-13(20-8-9-25-26-20)10-16(21)17-12-18(23(29)28(2)22(17)27)15-6-5-14(30-3)11-19(15)24/h4-12H,1-3H3,(H,25,26). The Morgan fingerprint density at radius 2 is 1.80 bits per heavy atom. The van der Waals surface area contributed by atoms with Crippen LogP contribution in [0.5, 0.6) is 5.75 Å². The Kier molecular flexibility index (Phi) is 4.18. The third kappa shape index (κ3) is 2.64. The van der Waals surface area contributed by atoms with Crippen LogP contribution in [0.3, 0.4) is 0 Å². The summed E-state index contributed by atoms with van der Waals surface area (Å²) in [4.78, 5) is 13.2. The van der Waals surface area contributed by atoms with Gasteiger partial charge in [-0.05, 0) is 42.5 Å². The second-order valence-electron chi connectivity index (χ2n) is 7.27. The van der Waals surface area contributed by atoms with E-state index in [2.05, 4.69) is 22.3 Å². The first-order chi connectivity index (χ1) is 14.5. The van der Waals surface area contributed by atoms with Crippen LogP contribution in [0.25, 0.3) is 44.3 Å². The van der Waals surface area contributed by atoms with Gasteiger partial charge in [0.05, 0.1) is 23.3 Å². The van der Waals surface area contributed by atoms with Crippen LogP contribution in [-0.4, -0.2) is 26.4 Å². The van der Waals surface area contributed by atoms with Crippen molar-refractivity contribution in [2.45, 2.75) is 0 Å². The second kappa shape index (κ2) is 6.78. The van der Waals surface area contributed by atoms with Gasteiger partial charge in [0.15, 0.2) is 0 Å². The molecule has 0 atom stereocenters. The number of aromatic nitrogens is 4. The Morgan fingerprint density at radius 1 is 0.967 bits per heavy atom. The van der Waals surface area contributed by atoms with Crippen molar-refractivity contribution in [3.63, 3.8) is 0 Å². The van der Waals surface area contributed by atoms with Gasteiger partial charge in [0.2, 0.25) is 0 Å². The fourth-order valence-corrected chi connectivity index (χ4v) is 4.38. The predicted octanol–water partition coefficient (Wildman–Crippen LogP) is 4.75. The molecule has 0 bridgehead atoms. The van der Waals surface area contributed by atoms with E-state index >= 15 is 0 Å². The Hall–Kier alpha value is -3.51. The van der Waals surface area contributed by atoms with E-state index in [4.69, 9.17) is 16.3 Å². The molecule has 0 spiro atoms. The third-order valence-corrected chi connectivity index (χ3v) is 5.94. The summed E-state index contributed by atoms with van der Waals surface area (Å²) in [7, 11) is 5.35. The van der Waals surface area contributed by atoms with E-state index in [1.165, 1.54) is 0 Å². The molecule has 5 rings (SSSR count). The van der Waals surface area contributed by atoms with Gasteiger partial charge in [-0.25, -0.2) is 0 Å². The van der Waals surface area contributed by atoms with E-state index in [9.17, 15) is 4.79 Å². The maximum Gasteiger partial charge on any atom is 0.259 e. The van der Waals surface area contributed by atoms with Crippen molar-refractivity contribution in [2.24, 2.45) is 14.1 Å². The van der Waals surface area contributed by atoms with Crippen molar-refractivity contribution in [3.05, 3.63) is 70.1 Å². The molecule has 0 aliphatic heterocycles. The highest BCUT2D eigenvalue weighted by molar-refractivity contribution is 6.33. The summed E-state index contributed by atoms with van der Waals surface area (Å²) in [6.45, 7) is 0. The summed E-state index contributed by atoms with van der Waals surface area (Å²) in [5.74, 6) is 0.649. The number of fused-ring (bicyclic) bond motifs is 3. The zero-order valence-corrected chi connectivity index (χ0v) is 17.5. The van der Waals surface area contributed by atoms with Crippen LogP contribution >= 0.6 is 11.6 Å². The first kappa shape index (κ1) is 18.5. The summed E-state index contributed by atoms with van der Waals surface area (Å²) in [5, 5.41) is 9.57. The SMILES string of the molecule is COc1ccc(-c2cc3c4cc(-c5ccn[nH]5)ccc4n(C)c3n(C)c2=O)c(Cl)c1. The summed E-state index contributed by atoms with van der Waals surface area (Å²) in [5.41, 5.74) is 5.00. The molecule has 0 saturated heterocycles. The molecule has 1 N–H and O–H groups in total. The highest BCUT2D eigenvalue weighted by Crippen LogP contribution is 2.35. The quantitative estimate of drug-likeness (QED) is 0.460. The minimum Gasteiger partial charge on any atom is -0.497 e. The minimum absolute atomic E-state index is 0.103. The Balaban J connectivity index is 1.84. The molecule has 0 unspecified atom stereocenters. The molecule has 0 saturated carbocycles. The highest BCUT2D eigenvalue weighted by atomic mass is 35.5. The number of aromatic amines is 1. The predicted molar refractivity (Wildman–Crippen MR) is 120 cm³/mol. The first-order valence-electron chi connectivity index (χ1n) is 9.45. The van der Waals surface area contributed by atoms with Crippen LogP contribution in [0.15, 0.2) is 59.5 Å². The van der Waals surface area contributed by atoms with Gasteiger partial charge in [0.25, 0.3) is 5.56 Å². The lowest BCUT2D eigenvalue weighted by molar-refractivity contribution is 0.415. The third-order valence-electron chi connectivity index (χ3n) is 5.63. The number of hydrogen-bond donors (Lipinski definition) is 1. The molecule has 30 heavy (non-hydrogen) atoms. The van der Waals surface area contributed by atoms with E-state index in [-0.39, 0.29) is 5.56 Å². The van der Waals surface area contributed by atoms with E-state index in [1.807, 2.05) is 41.9 Å². The summed E-state index contributed by atoms with van der Waals surface area (Å²) in [6.07, 6.45) is 1.73.